The number of hydrazone groups is 1. The van der Waals surface area contributed by atoms with Gasteiger partial charge in [-0.15, -0.1) is 10.2 Å². The number of carboxylic acids is 1. The van der Waals surface area contributed by atoms with Gasteiger partial charge in [-0.2, -0.15) is 0 Å². The Hall–Kier alpha value is -2.16. The summed E-state index contributed by atoms with van der Waals surface area (Å²) in [6, 6.07) is 8.27. The number of amidine groups is 1. The second-order valence-corrected chi connectivity index (χ2v) is 5.93. The molecular weight excluding hydrogens is 332 g/mol. The minimum Gasteiger partial charge on any atom is -0.481 e. The summed E-state index contributed by atoms with van der Waals surface area (Å²) >= 11 is 0. The summed E-state index contributed by atoms with van der Waals surface area (Å²) in [5.41, 5.74) is 8.37. The predicted octanol–water partition coefficient (Wildman–Crippen LogP) is 0.916. The van der Waals surface area contributed by atoms with Crippen molar-refractivity contribution < 1.29 is 9.90 Å². The van der Waals surface area contributed by atoms with Crippen LogP contribution in [-0.2, 0) is 11.2 Å². The predicted molar refractivity (Wildman–Crippen MR) is 105 cm³/mol. The van der Waals surface area contributed by atoms with E-state index in [4.69, 9.17) is 5.11 Å². The van der Waals surface area contributed by atoms with Crippen molar-refractivity contribution in [2.24, 2.45) is 5.10 Å². The van der Waals surface area contributed by atoms with Crippen LogP contribution in [0.25, 0.3) is 0 Å². The molecule has 0 aliphatic carbocycles. The maximum atomic E-state index is 10.4. The van der Waals surface area contributed by atoms with Gasteiger partial charge in [-0.1, -0.05) is 31.2 Å². The number of nitrogens with one attached hydrogen (secondary N) is 4. The van der Waals surface area contributed by atoms with E-state index in [0.717, 1.165) is 37.3 Å². The Morgan fingerprint density at radius 2 is 1.81 bits per heavy atom. The van der Waals surface area contributed by atoms with E-state index in [1.807, 2.05) is 26.2 Å². The van der Waals surface area contributed by atoms with Gasteiger partial charge in [-0.25, -0.2) is 5.53 Å². The topological polar surface area (TPSA) is 101 Å². The maximum absolute atomic E-state index is 10.4. The number of aryl methyl sites for hydroxylation is 1. The zero-order chi connectivity index (χ0) is 19.2. The lowest BCUT2D eigenvalue weighted by atomic mass is 10.1. The Balaban J connectivity index is 0.000000487. The van der Waals surface area contributed by atoms with Gasteiger partial charge in [0.1, 0.15) is 0 Å². The van der Waals surface area contributed by atoms with Gasteiger partial charge in [0.25, 0.3) is 0 Å². The number of carboxylic acid groups (broad SMARTS) is 1. The van der Waals surface area contributed by atoms with Crippen molar-refractivity contribution >= 4 is 11.8 Å². The van der Waals surface area contributed by atoms with Crippen LogP contribution in [0.4, 0.5) is 0 Å². The molecule has 0 unspecified atom stereocenters. The Labute approximate surface area is 156 Å². The lowest BCUT2D eigenvalue weighted by Gasteiger charge is -2.15. The van der Waals surface area contributed by atoms with Crippen LogP contribution in [0.1, 0.15) is 37.3 Å². The molecule has 26 heavy (non-hydrogen) atoms. The highest BCUT2D eigenvalue weighted by Crippen LogP contribution is 2.08. The monoisotopic (exact) mass is 364 g/mol. The van der Waals surface area contributed by atoms with Gasteiger partial charge < -0.3 is 15.7 Å². The number of likely N-dealkylation sites (N-methyl/N-ethyl adjacent to an activating group) is 2. The van der Waals surface area contributed by atoms with E-state index in [1.165, 1.54) is 5.56 Å². The molecule has 1 heterocycles. The summed E-state index contributed by atoms with van der Waals surface area (Å²) in [5, 5.41) is 20.6. The molecule has 0 fully saturated rings. The Kier molecular flexibility index (Phi) is 11.0. The number of hydrogen-bond donors (Lipinski definition) is 5. The first-order valence-electron chi connectivity index (χ1n) is 9.08. The maximum Gasteiger partial charge on any atom is 0.303 e. The van der Waals surface area contributed by atoms with E-state index in [2.05, 4.69) is 45.8 Å². The standard InChI is InChI=1S/C14H20N4O2.C4H12N2/c1-2-11-6-8-12(9-7-11)14-15-17-18(16-14)10-4-3-5-13(19)20;1-5-3-4-6-2/h6-9,17H,2-5,10H2,1H3,(H,15,16)(H,19,20);5-6H,3-4H2,1-2H3. The molecule has 0 saturated heterocycles. The number of unbranched alkanes of at least 4 members (excludes halogenated alkanes) is 1. The van der Waals surface area contributed by atoms with E-state index in [0.29, 0.717) is 13.0 Å². The average molecular weight is 364 g/mol. The van der Waals surface area contributed by atoms with Gasteiger partial charge in [0.2, 0.25) is 0 Å². The minimum absolute atomic E-state index is 0.208. The van der Waals surface area contributed by atoms with E-state index in [-0.39, 0.29) is 6.42 Å². The molecule has 0 atom stereocenters. The molecule has 1 aromatic carbocycles. The fraction of sp³-hybridized carbons (Fsp3) is 0.556. The van der Waals surface area contributed by atoms with Crippen molar-refractivity contribution in [1.29, 1.82) is 0 Å². The van der Waals surface area contributed by atoms with Crippen molar-refractivity contribution in [3.05, 3.63) is 35.4 Å². The highest BCUT2D eigenvalue weighted by atomic mass is 16.4. The van der Waals surface area contributed by atoms with Crippen LogP contribution in [0.5, 0.6) is 0 Å². The molecule has 5 N–H and O–H groups in total. The van der Waals surface area contributed by atoms with Crippen LogP contribution in [-0.4, -0.2) is 55.8 Å². The minimum atomic E-state index is -0.750. The number of aliphatic carboxylic acids is 1. The summed E-state index contributed by atoms with van der Waals surface area (Å²) in [4.78, 5) is 10.4. The third-order valence-corrected chi connectivity index (χ3v) is 3.81. The molecule has 1 aliphatic heterocycles. The summed E-state index contributed by atoms with van der Waals surface area (Å²) in [7, 11) is 3.88. The first-order chi connectivity index (χ1) is 12.6. The van der Waals surface area contributed by atoms with Crippen molar-refractivity contribution in [2.75, 3.05) is 33.7 Å². The Bertz CT molecular complexity index is 543. The summed E-state index contributed by atoms with van der Waals surface area (Å²) in [6.45, 7) is 4.93. The van der Waals surface area contributed by atoms with Gasteiger partial charge in [0.05, 0.1) is 0 Å². The molecule has 0 amide bonds. The highest BCUT2D eigenvalue weighted by Gasteiger charge is 2.15. The summed E-state index contributed by atoms with van der Waals surface area (Å²) in [5.74, 6) is 0.0335. The van der Waals surface area contributed by atoms with Crippen LogP contribution >= 0.6 is 0 Å². The van der Waals surface area contributed by atoms with Crippen molar-refractivity contribution in [2.45, 2.75) is 32.6 Å². The number of carbonyl (C=O) groups is 1. The fourth-order valence-corrected chi connectivity index (χ4v) is 2.22. The van der Waals surface area contributed by atoms with Crippen molar-refractivity contribution in [3.63, 3.8) is 0 Å². The molecule has 8 heteroatoms. The highest BCUT2D eigenvalue weighted by molar-refractivity contribution is 5.98. The summed E-state index contributed by atoms with van der Waals surface area (Å²) < 4.78 is 0. The Morgan fingerprint density at radius 1 is 1.15 bits per heavy atom. The average Bonchev–Trinajstić information content (AvgIpc) is 3.13. The quantitative estimate of drug-likeness (QED) is 0.394. The molecule has 8 nitrogen and oxygen atoms in total. The molecular formula is C18H32N6O2. The zero-order valence-corrected chi connectivity index (χ0v) is 16.0. The van der Waals surface area contributed by atoms with Crippen LogP contribution in [0.2, 0.25) is 0 Å². The van der Waals surface area contributed by atoms with Crippen LogP contribution < -0.4 is 21.6 Å². The number of hydrazine groups is 2. The largest absolute Gasteiger partial charge is 0.481 e. The lowest BCUT2D eigenvalue weighted by molar-refractivity contribution is -0.137. The van der Waals surface area contributed by atoms with Gasteiger partial charge in [-0.05, 0) is 38.9 Å². The molecule has 0 bridgehead atoms. The van der Waals surface area contributed by atoms with Crippen molar-refractivity contribution in [3.8, 4) is 0 Å². The lowest BCUT2D eigenvalue weighted by Crippen LogP contribution is -2.42. The van der Waals surface area contributed by atoms with Gasteiger partial charge in [0, 0.05) is 31.6 Å². The molecule has 0 saturated carbocycles. The van der Waals surface area contributed by atoms with E-state index in [9.17, 15) is 4.79 Å². The molecule has 1 aliphatic rings. The molecule has 146 valence electrons. The SMILES string of the molecule is CCc1ccc(C2=NNN(CCCCC(=O)O)N2)cc1.CNCCNC. The number of hydrogen-bond acceptors (Lipinski definition) is 7. The molecule has 0 radical (unpaired) electrons. The summed E-state index contributed by atoms with van der Waals surface area (Å²) in [6.07, 6.45) is 2.69. The molecule has 1 aromatic rings. The smallest absolute Gasteiger partial charge is 0.303 e. The van der Waals surface area contributed by atoms with E-state index in [1.54, 1.807) is 5.12 Å². The second-order valence-electron chi connectivity index (χ2n) is 5.93. The van der Waals surface area contributed by atoms with Crippen LogP contribution in [0.15, 0.2) is 29.4 Å². The van der Waals surface area contributed by atoms with Crippen molar-refractivity contribution in [1.82, 2.24) is 26.7 Å². The Morgan fingerprint density at radius 3 is 2.35 bits per heavy atom. The zero-order valence-electron chi connectivity index (χ0n) is 16.0. The normalized spacial score (nSPS) is 13.3. The number of nitrogens with zero attached hydrogens (tertiary/aromatic N) is 2. The van der Waals surface area contributed by atoms with Crippen LogP contribution in [0.3, 0.4) is 0 Å². The first kappa shape index (κ1) is 21.9. The van der Waals surface area contributed by atoms with Gasteiger partial charge in [0.15, 0.2) is 5.84 Å². The third-order valence-electron chi connectivity index (χ3n) is 3.81. The van der Waals surface area contributed by atoms with Gasteiger partial charge >= 0.3 is 5.97 Å². The second kappa shape index (κ2) is 13.1. The third kappa shape index (κ3) is 8.80. The molecule has 0 spiro atoms. The van der Waals surface area contributed by atoms with E-state index >= 15 is 0 Å². The number of benzene rings is 1. The fourth-order valence-electron chi connectivity index (χ4n) is 2.22. The molecule has 0 aromatic heterocycles. The molecule has 2 rings (SSSR count). The van der Waals surface area contributed by atoms with Gasteiger partial charge in [-0.3, -0.25) is 10.2 Å². The van der Waals surface area contributed by atoms with Crippen LogP contribution in [0, 0.1) is 0 Å². The first-order valence-corrected chi connectivity index (χ1v) is 9.08. The number of rotatable bonds is 10. The van der Waals surface area contributed by atoms with E-state index < -0.39 is 5.97 Å².